The molecule has 0 aromatic heterocycles. The van der Waals surface area contributed by atoms with E-state index in [0.717, 1.165) is 24.3 Å². The summed E-state index contributed by atoms with van der Waals surface area (Å²) in [6.07, 6.45) is 2.51. The van der Waals surface area contributed by atoms with Gasteiger partial charge in [0.1, 0.15) is 29.7 Å². The maximum absolute atomic E-state index is 13.3. The second kappa shape index (κ2) is 22.5. The van der Waals surface area contributed by atoms with Gasteiger partial charge in [-0.15, -0.1) is 0 Å². The predicted octanol–water partition coefficient (Wildman–Crippen LogP) is 4.09. The van der Waals surface area contributed by atoms with Gasteiger partial charge in [0, 0.05) is 24.3 Å². The Morgan fingerprint density at radius 3 is 1.18 bits per heavy atom. The number of halogens is 2. The van der Waals surface area contributed by atoms with Gasteiger partial charge in [-0.25, -0.2) is 28.3 Å². The van der Waals surface area contributed by atoms with Crippen molar-refractivity contribution in [2.45, 2.75) is 16.3 Å². The van der Waals surface area contributed by atoms with Crippen molar-refractivity contribution in [3.63, 3.8) is 0 Å². The number of carbonyl (C=O) groups excluding carboxylic acids is 4. The fourth-order valence-electron chi connectivity index (χ4n) is 2.16. The van der Waals surface area contributed by atoms with Gasteiger partial charge in [0.05, 0.1) is 39.1 Å². The Morgan fingerprint density at radius 2 is 0.886 bits per heavy atom. The highest BCUT2D eigenvalue weighted by atomic mass is 79.9. The van der Waals surface area contributed by atoms with E-state index in [1.165, 1.54) is 6.92 Å². The van der Waals surface area contributed by atoms with E-state index >= 15 is 0 Å². The summed E-state index contributed by atoms with van der Waals surface area (Å²) < 4.78 is 75.9. The molecule has 44 heavy (non-hydrogen) atoms. The Balaban J connectivity index is 5.47. The van der Waals surface area contributed by atoms with Gasteiger partial charge in [0.2, 0.25) is 0 Å². The zero-order chi connectivity index (χ0) is 33.7. The summed E-state index contributed by atoms with van der Waals surface area (Å²) in [6, 6.07) is 0. The van der Waals surface area contributed by atoms with E-state index in [0.29, 0.717) is 0 Å². The number of carbonyl (C=O) groups is 4. The first-order valence-electron chi connectivity index (χ1n) is 12.3. The van der Waals surface area contributed by atoms with Crippen LogP contribution in [0, 0.1) is 0 Å². The number of rotatable bonds is 26. The van der Waals surface area contributed by atoms with Crippen LogP contribution in [0.15, 0.2) is 50.6 Å². The lowest BCUT2D eigenvalue weighted by Crippen LogP contribution is -2.34. The van der Waals surface area contributed by atoms with Gasteiger partial charge in [0.25, 0.3) is 0 Å². The minimum Gasteiger partial charge on any atom is -0.460 e. The van der Waals surface area contributed by atoms with Crippen LogP contribution in [-0.2, 0) is 74.4 Å². The van der Waals surface area contributed by atoms with E-state index in [9.17, 15) is 28.3 Å². The first-order valence-corrected chi connectivity index (χ1v) is 16.8. The van der Waals surface area contributed by atoms with E-state index in [1.807, 2.05) is 0 Å². The Hall–Kier alpha value is -1.98. The second-order valence-corrected chi connectivity index (χ2v) is 14.7. The number of ether oxygens (including phenoxy) is 4. The fourth-order valence-corrected chi connectivity index (χ4v) is 5.76. The average molecular weight is 800 g/mol. The predicted molar refractivity (Wildman–Crippen MR) is 161 cm³/mol. The van der Waals surface area contributed by atoms with Crippen LogP contribution in [0.25, 0.3) is 0 Å². The number of esters is 4. The largest absolute Gasteiger partial charge is 0.475 e. The van der Waals surface area contributed by atoms with E-state index in [1.54, 1.807) is 0 Å². The highest BCUT2D eigenvalue weighted by molar-refractivity contribution is 9.25. The summed E-state index contributed by atoms with van der Waals surface area (Å²) in [6.45, 7) is 10.8. The van der Waals surface area contributed by atoms with Crippen molar-refractivity contribution in [3.05, 3.63) is 50.6 Å². The molecular weight excluding hydrogens is 766 g/mol. The van der Waals surface area contributed by atoms with Gasteiger partial charge < -0.3 is 18.9 Å². The zero-order valence-electron chi connectivity index (χ0n) is 23.8. The molecule has 0 bridgehead atoms. The van der Waals surface area contributed by atoms with Crippen LogP contribution in [0.1, 0.15) is 6.92 Å². The molecule has 250 valence electrons. The molecule has 0 aliphatic rings. The highest BCUT2D eigenvalue weighted by Gasteiger charge is 2.42. The van der Waals surface area contributed by atoms with Gasteiger partial charge in [-0.05, 0) is 6.92 Å². The first-order chi connectivity index (χ1) is 20.7. The lowest BCUT2D eigenvalue weighted by Gasteiger charge is -2.31. The van der Waals surface area contributed by atoms with E-state index in [4.69, 9.17) is 46.1 Å². The minimum atomic E-state index is -4.44. The lowest BCUT2D eigenvalue weighted by atomic mass is 10.3. The third kappa shape index (κ3) is 19.4. The smallest absolute Gasteiger partial charge is 0.460 e. The van der Waals surface area contributed by atoms with Crippen molar-refractivity contribution >= 4 is 71.4 Å². The number of phosphoric ester groups is 2. The van der Waals surface area contributed by atoms with Crippen LogP contribution in [0.5, 0.6) is 0 Å². The molecule has 0 saturated carbocycles. The highest BCUT2D eigenvalue weighted by Crippen LogP contribution is 2.55. The number of alkyl halides is 2. The molecule has 0 heterocycles. The fraction of sp³-hybridized carbons (Fsp3) is 0.500. The summed E-state index contributed by atoms with van der Waals surface area (Å²) in [5.74, 6) is -3.00. The molecule has 0 radical (unpaired) electrons. The van der Waals surface area contributed by atoms with Gasteiger partial charge >= 0.3 is 39.5 Å². The summed E-state index contributed by atoms with van der Waals surface area (Å²) in [4.78, 5) is 45.0. The average Bonchev–Trinajstić information content (AvgIpc) is 3.00. The first kappa shape index (κ1) is 42.0. The summed E-state index contributed by atoms with van der Waals surface area (Å²) >= 11 is 6.55. The van der Waals surface area contributed by atoms with Gasteiger partial charge in [-0.1, -0.05) is 58.2 Å². The number of hydrogen-bond acceptors (Lipinski definition) is 16. The van der Waals surface area contributed by atoms with Crippen LogP contribution in [-0.4, -0.2) is 92.7 Å². The number of hydrogen-bond donors (Lipinski definition) is 0. The van der Waals surface area contributed by atoms with Crippen LogP contribution in [0.4, 0.5) is 0 Å². The Labute approximate surface area is 271 Å². The van der Waals surface area contributed by atoms with Crippen LogP contribution >= 0.6 is 47.5 Å². The molecule has 0 saturated heterocycles. The maximum Gasteiger partial charge on any atom is 0.475 e. The topological polar surface area (TPSA) is 195 Å². The molecule has 0 aliphatic heterocycles. The Bertz CT molecular complexity index is 1030. The van der Waals surface area contributed by atoms with Crippen molar-refractivity contribution in [2.75, 3.05) is 59.5 Å². The molecule has 0 aliphatic carbocycles. The summed E-state index contributed by atoms with van der Waals surface area (Å²) in [5.41, 5.74) is 0. The van der Waals surface area contributed by atoms with Crippen molar-refractivity contribution in [3.8, 4) is 0 Å². The third-order valence-electron chi connectivity index (χ3n) is 4.27. The van der Waals surface area contributed by atoms with Crippen LogP contribution < -0.4 is 0 Å². The SMILES string of the molecule is C=CC(=O)OCCOP(=O)(OCCOC(=O)C=C)OCC(Br)(Br)C(C)OP(=O)(OCCOC(=O)C=C)OCCOC(=O)C=C. The van der Waals surface area contributed by atoms with Crippen molar-refractivity contribution in [2.24, 2.45) is 0 Å². The molecule has 16 nitrogen and oxygen atoms in total. The second-order valence-electron chi connectivity index (χ2n) is 7.50. The molecule has 20 heteroatoms. The maximum atomic E-state index is 13.3. The monoisotopic (exact) mass is 798 g/mol. The molecule has 0 aromatic rings. The molecule has 0 fully saturated rings. The Morgan fingerprint density at radius 1 is 0.591 bits per heavy atom. The summed E-state index contributed by atoms with van der Waals surface area (Å²) in [5, 5.41) is 0. The lowest BCUT2D eigenvalue weighted by molar-refractivity contribution is -0.139. The molecule has 0 amide bonds. The van der Waals surface area contributed by atoms with E-state index in [-0.39, 0.29) is 26.4 Å². The molecule has 0 spiro atoms. The van der Waals surface area contributed by atoms with Gasteiger partial charge in [-0.3, -0.25) is 27.1 Å². The van der Waals surface area contributed by atoms with Crippen molar-refractivity contribution in [1.29, 1.82) is 0 Å². The normalized spacial score (nSPS) is 12.3. The molecular formula is C24H34Br2O16P2. The standard InChI is InChI=1S/C24H34Br2O16P2/c1-6-20(27)33-10-14-37-43(31,38-15-11-34-21(28)7-2)41-18-24(25,26)19(5)42-44(32,39-16-12-35-22(29)8-3)40-17-13-36-23(30)9-4/h6-9,19H,1-4,10-18H2,5H3. The summed E-state index contributed by atoms with van der Waals surface area (Å²) in [7, 11) is -8.84. The van der Waals surface area contributed by atoms with Crippen molar-refractivity contribution in [1.82, 2.24) is 0 Å². The van der Waals surface area contributed by atoms with Crippen LogP contribution in [0.3, 0.4) is 0 Å². The number of phosphoric acid groups is 2. The molecule has 1 atom stereocenters. The van der Waals surface area contributed by atoms with Gasteiger partial charge in [-0.2, -0.15) is 0 Å². The molecule has 0 N–H and O–H groups in total. The zero-order valence-corrected chi connectivity index (χ0v) is 28.7. The Kier molecular flexibility index (Phi) is 21.5. The van der Waals surface area contributed by atoms with Gasteiger partial charge in [0.15, 0.2) is 0 Å². The molecule has 0 aromatic carbocycles. The molecule has 0 rings (SSSR count). The van der Waals surface area contributed by atoms with E-state index in [2.05, 4.69) is 58.2 Å². The molecule has 1 unspecified atom stereocenters. The minimum absolute atomic E-state index is 0.331. The van der Waals surface area contributed by atoms with E-state index < -0.39 is 81.9 Å². The van der Waals surface area contributed by atoms with Crippen LogP contribution in [0.2, 0.25) is 0 Å². The third-order valence-corrected chi connectivity index (χ3v) is 9.03. The van der Waals surface area contributed by atoms with Crippen molar-refractivity contribution < 1.29 is 74.4 Å². The quantitative estimate of drug-likeness (QED) is 0.0303.